The number of fused-ring (bicyclic) bond motifs is 3. The van der Waals surface area contributed by atoms with Crippen LogP contribution >= 0.6 is 8.53 Å². The number of carbonyl (C=O) groups is 1. The highest BCUT2D eigenvalue weighted by Crippen LogP contribution is 2.57. The molecule has 232 valence electrons. The number of benzene rings is 1. The number of anilines is 1. The topological polar surface area (TPSA) is 137 Å². The summed E-state index contributed by atoms with van der Waals surface area (Å²) in [4.78, 5) is 29.5. The highest BCUT2D eigenvalue weighted by molar-refractivity contribution is 7.44. The van der Waals surface area contributed by atoms with Crippen molar-refractivity contribution in [3.05, 3.63) is 60.0 Å². The van der Waals surface area contributed by atoms with Gasteiger partial charge in [-0.05, 0) is 53.7 Å². The van der Waals surface area contributed by atoms with Gasteiger partial charge in [0, 0.05) is 26.1 Å². The standard InChI is InChI=1S/C28H36N7O5P.CH4O/c1-17(2)35(18(3)4)41(37-14-13-29-7)40-23-22-27(39-28(23,6)19(5)38-22)34-16-32-21-24(30-15-31-25(21)34)33-26(36)20-11-9-8-10-12-20;1-2/h8-12,15-19,22-23,27H,13-14H2,1-6H3,(H,30,31,33,36);2H,1H3/t19?,22-,23+,27-,28+,41?;/m1./s1/i6D;2T. The van der Waals surface area contributed by atoms with Gasteiger partial charge in [0.25, 0.3) is 14.4 Å². The zero-order valence-electron chi connectivity index (χ0n) is 27.2. The molecule has 2 unspecified atom stereocenters. The number of aromatic nitrogens is 4. The molecule has 2 fully saturated rings. The first-order valence-corrected chi connectivity index (χ1v) is 15.1. The van der Waals surface area contributed by atoms with Gasteiger partial charge in [0.2, 0.25) is 7.98 Å². The van der Waals surface area contributed by atoms with Gasteiger partial charge in [-0.25, -0.2) is 26.2 Å². The molecule has 2 saturated heterocycles. The molecule has 14 heteroatoms. The van der Waals surface area contributed by atoms with Crippen LogP contribution < -0.4 is 5.32 Å². The Bertz CT molecular complexity index is 1450. The van der Waals surface area contributed by atoms with Gasteiger partial charge in [-0.2, -0.15) is 0 Å². The van der Waals surface area contributed by atoms with E-state index in [2.05, 4.69) is 62.6 Å². The summed E-state index contributed by atoms with van der Waals surface area (Å²) >= 11 is 0. The fraction of sp³-hybridized carbons (Fsp3) is 0.552. The van der Waals surface area contributed by atoms with E-state index in [1.807, 2.05) is 13.0 Å². The molecule has 2 N–H and O–H groups in total. The van der Waals surface area contributed by atoms with Crippen molar-refractivity contribution in [3.63, 3.8) is 0 Å². The first-order valence-electron chi connectivity index (χ1n) is 15.1. The van der Waals surface area contributed by atoms with E-state index >= 15 is 0 Å². The van der Waals surface area contributed by atoms with Gasteiger partial charge in [0.15, 0.2) is 23.2 Å². The monoisotopic (exact) mass is 616 g/mol. The SMILES string of the molecule is [2H]C[C@]12O[C@@H](n3cnc4c(NC(=O)c5ccccc5)ncnc43)[C@H](OC1C)[C@@H]2OP(OCC[N+]#[C-])N(C(C)C)C(C)C.[3H]OC. The van der Waals surface area contributed by atoms with Gasteiger partial charge in [-0.1, -0.05) is 18.2 Å². The van der Waals surface area contributed by atoms with Gasteiger partial charge in [-0.3, -0.25) is 9.36 Å². The van der Waals surface area contributed by atoms with E-state index in [1.165, 1.54) is 13.4 Å². The molecule has 2 aliphatic heterocycles. The molecule has 1 amide bonds. The van der Waals surface area contributed by atoms with Gasteiger partial charge in [0.05, 0.1) is 12.4 Å². The molecule has 4 heterocycles. The fourth-order valence-electron chi connectivity index (χ4n) is 5.25. The Labute approximate surface area is 256 Å². The van der Waals surface area contributed by atoms with Gasteiger partial charge in [-0.15, -0.1) is 0 Å². The molecule has 5 rings (SSSR count). The summed E-state index contributed by atoms with van der Waals surface area (Å²) in [6, 6.07) is 9.08. The average molecular weight is 617 g/mol. The van der Waals surface area contributed by atoms with Gasteiger partial charge >= 0.3 is 0 Å². The molecule has 6 atom stereocenters. The third-order valence-electron chi connectivity index (χ3n) is 7.21. The minimum absolute atomic E-state index is 0.0968. The van der Waals surface area contributed by atoms with E-state index in [-0.39, 0.29) is 43.9 Å². The molecular formula is C29H40N7O6P. The van der Waals surface area contributed by atoms with Crippen LogP contribution in [0.1, 0.15) is 59.5 Å². The lowest BCUT2D eigenvalue weighted by molar-refractivity contribution is -0.198. The number of nitrogens with one attached hydrogen (secondary N) is 1. The van der Waals surface area contributed by atoms with E-state index in [1.54, 1.807) is 35.2 Å². The lowest BCUT2D eigenvalue weighted by atomic mass is 9.96. The first-order chi connectivity index (χ1) is 21.6. The van der Waals surface area contributed by atoms with Crippen LogP contribution in [0.15, 0.2) is 43.0 Å². The molecule has 13 nitrogen and oxygen atoms in total. The Morgan fingerprint density at radius 3 is 2.70 bits per heavy atom. The van der Waals surface area contributed by atoms with Crippen molar-refractivity contribution >= 4 is 31.4 Å². The summed E-state index contributed by atoms with van der Waals surface area (Å²) in [5.41, 5.74) is 0.274. The van der Waals surface area contributed by atoms with Crippen LogP contribution in [-0.4, -0.2) is 92.9 Å². The smallest absolute Gasteiger partial charge is 0.259 e. The quantitative estimate of drug-likeness (QED) is 0.181. The number of rotatable bonds is 11. The number of nitrogens with zero attached hydrogens (tertiary/aromatic N) is 6. The van der Waals surface area contributed by atoms with Crippen molar-refractivity contribution in [2.75, 3.05) is 25.6 Å². The van der Waals surface area contributed by atoms with Crippen LogP contribution in [0.3, 0.4) is 0 Å². The fourth-order valence-corrected chi connectivity index (χ4v) is 7.04. The molecule has 3 aromatic rings. The first kappa shape index (κ1) is 30.0. The highest BCUT2D eigenvalue weighted by atomic mass is 31.2. The Balaban J connectivity index is 0.00000148. The number of aliphatic hydroxyl groups is 1. The lowest BCUT2D eigenvalue weighted by Crippen LogP contribution is -2.44. The maximum Gasteiger partial charge on any atom is 0.259 e. The second kappa shape index (κ2) is 14.1. The minimum Gasteiger partial charge on any atom is -0.400 e. The summed E-state index contributed by atoms with van der Waals surface area (Å²) < 4.78 is 44.0. The van der Waals surface area contributed by atoms with Gasteiger partial charge < -0.3 is 33.8 Å². The van der Waals surface area contributed by atoms with Crippen LogP contribution in [-0.2, 0) is 18.5 Å². The van der Waals surface area contributed by atoms with Crippen molar-refractivity contribution in [1.82, 2.24) is 24.2 Å². The van der Waals surface area contributed by atoms with E-state index < -0.39 is 38.7 Å². The van der Waals surface area contributed by atoms with Crippen molar-refractivity contribution < 1.29 is 29.8 Å². The number of ether oxygens (including phenoxy) is 2. The summed E-state index contributed by atoms with van der Waals surface area (Å²) in [5.74, 6) is -0.0409. The Morgan fingerprint density at radius 2 is 2.05 bits per heavy atom. The largest absolute Gasteiger partial charge is 0.400 e. The Morgan fingerprint density at radius 1 is 1.33 bits per heavy atom. The minimum atomic E-state index is -1.60. The molecule has 0 saturated carbocycles. The van der Waals surface area contributed by atoms with Crippen LogP contribution in [0.2, 0.25) is 0 Å². The predicted octanol–water partition coefficient (Wildman–Crippen LogP) is 4.43. The Hall–Kier alpha value is -3.08. The van der Waals surface area contributed by atoms with E-state index in [9.17, 15) is 4.79 Å². The molecule has 2 aliphatic rings. The Kier molecular flexibility index (Phi) is 9.85. The molecule has 1 aromatic carbocycles. The van der Waals surface area contributed by atoms with Crippen molar-refractivity contribution in [2.24, 2.45) is 0 Å². The predicted molar refractivity (Wildman–Crippen MR) is 162 cm³/mol. The second-order valence-corrected chi connectivity index (χ2v) is 12.0. The van der Waals surface area contributed by atoms with E-state index in [4.69, 9.17) is 27.9 Å². The highest BCUT2D eigenvalue weighted by Gasteiger charge is 2.65. The average Bonchev–Trinajstić information content (AvgIpc) is 3.66. The third kappa shape index (κ3) is 6.56. The van der Waals surface area contributed by atoms with Crippen LogP contribution in [0.4, 0.5) is 5.82 Å². The maximum atomic E-state index is 12.8. The number of hydrogen-bond acceptors (Lipinski definition) is 10. The summed E-state index contributed by atoms with van der Waals surface area (Å²) in [6.07, 6.45) is 0.634. The zero-order valence-corrected chi connectivity index (χ0v) is 26.1. The maximum absolute atomic E-state index is 12.8. The van der Waals surface area contributed by atoms with Crippen LogP contribution in [0.5, 0.6) is 0 Å². The molecule has 0 aliphatic carbocycles. The lowest BCUT2D eigenvalue weighted by Gasteiger charge is -2.38. The zero-order chi connectivity index (χ0) is 32.7. The van der Waals surface area contributed by atoms with Crippen molar-refractivity contribution in [2.45, 2.75) is 83.7 Å². The molecule has 2 bridgehead atoms. The third-order valence-corrected chi connectivity index (χ3v) is 9.32. The second-order valence-electron chi connectivity index (χ2n) is 10.6. The normalized spacial score (nSPS) is 25.8. The van der Waals surface area contributed by atoms with E-state index in [0.717, 1.165) is 0 Å². The molecule has 43 heavy (non-hydrogen) atoms. The van der Waals surface area contributed by atoms with Crippen LogP contribution in [0, 0.1) is 6.57 Å². The number of carbonyl (C=O) groups excluding carboxylic acids is 1. The number of amides is 1. The molecule has 0 spiro atoms. The van der Waals surface area contributed by atoms with Crippen molar-refractivity contribution in [3.8, 4) is 0 Å². The summed E-state index contributed by atoms with van der Waals surface area (Å²) in [5, 5.41) is 6.32. The van der Waals surface area contributed by atoms with Gasteiger partial charge in [0.1, 0.15) is 30.7 Å². The number of hydrogen-bond donors (Lipinski definition) is 2. The summed E-state index contributed by atoms with van der Waals surface area (Å²) in [6.45, 7) is 17.7. The summed E-state index contributed by atoms with van der Waals surface area (Å²) in [7, 11) is -0.304. The van der Waals surface area contributed by atoms with E-state index in [0.29, 0.717) is 16.7 Å². The molecular weight excluding hydrogens is 573 g/mol. The molecule has 0 radical (unpaired) electrons. The molecule has 2 aromatic heterocycles. The van der Waals surface area contributed by atoms with Crippen LogP contribution in [0.25, 0.3) is 16.0 Å². The van der Waals surface area contributed by atoms with Crippen molar-refractivity contribution in [1.29, 1.82) is 1.43 Å². The number of aliphatic hydroxyl groups excluding tert-OH is 1. The number of imidazole rings is 1.